The molecule has 0 unspecified atom stereocenters. The summed E-state index contributed by atoms with van der Waals surface area (Å²) in [6.45, 7) is -1.53. The van der Waals surface area contributed by atoms with Crippen LogP contribution >= 0.6 is 0 Å². The second-order valence-corrected chi connectivity index (χ2v) is 4.87. The van der Waals surface area contributed by atoms with Gasteiger partial charge < -0.3 is 9.15 Å². The van der Waals surface area contributed by atoms with Crippen LogP contribution in [0.2, 0.25) is 0 Å². The largest absolute Gasteiger partial charge is 0.455 e. The van der Waals surface area contributed by atoms with Crippen molar-refractivity contribution in [1.29, 1.82) is 0 Å². The zero-order valence-corrected chi connectivity index (χ0v) is 11.8. The van der Waals surface area contributed by atoms with E-state index in [0.29, 0.717) is 16.5 Å². The Labute approximate surface area is 128 Å². The Morgan fingerprint density at radius 3 is 2.17 bits per heavy atom. The lowest BCUT2D eigenvalue weighted by molar-refractivity contribution is -0.156. The molecule has 0 radical (unpaired) electrons. The first kappa shape index (κ1) is 15.1. The van der Waals surface area contributed by atoms with Gasteiger partial charge in [-0.1, -0.05) is 48.5 Å². The maximum Gasteiger partial charge on any atom is 0.422 e. The van der Waals surface area contributed by atoms with Gasteiger partial charge >= 0.3 is 11.8 Å². The molecular formula is C17H11F3O3. The Kier molecular flexibility index (Phi) is 3.82. The van der Waals surface area contributed by atoms with Gasteiger partial charge in [0, 0.05) is 5.39 Å². The highest BCUT2D eigenvalue weighted by Gasteiger charge is 2.30. The standard InChI is InChI=1S/C17H11F3O3/c18-17(19,20)10-22-16-14(11-6-2-1-3-7-11)12-8-4-5-9-13(12)15(21)23-16/h1-9H,10H2. The second kappa shape index (κ2) is 5.79. The summed E-state index contributed by atoms with van der Waals surface area (Å²) in [5.74, 6) is -0.433. The number of fused-ring (bicyclic) bond motifs is 1. The predicted molar refractivity (Wildman–Crippen MR) is 79.5 cm³/mol. The van der Waals surface area contributed by atoms with Crippen molar-refractivity contribution in [3.05, 3.63) is 65.0 Å². The van der Waals surface area contributed by atoms with E-state index < -0.39 is 24.4 Å². The Balaban J connectivity index is 2.24. The van der Waals surface area contributed by atoms with Gasteiger partial charge in [-0.3, -0.25) is 0 Å². The van der Waals surface area contributed by atoms with Gasteiger partial charge in [-0.25, -0.2) is 4.79 Å². The summed E-state index contributed by atoms with van der Waals surface area (Å²) in [7, 11) is 0. The van der Waals surface area contributed by atoms with Crippen LogP contribution in [0, 0.1) is 0 Å². The number of ether oxygens (including phenoxy) is 1. The second-order valence-electron chi connectivity index (χ2n) is 4.87. The summed E-state index contributed by atoms with van der Waals surface area (Å²) in [6.07, 6.45) is -4.53. The van der Waals surface area contributed by atoms with Gasteiger partial charge in [0.2, 0.25) is 0 Å². The first-order valence-electron chi connectivity index (χ1n) is 6.76. The van der Waals surface area contributed by atoms with Gasteiger partial charge in [0.05, 0.1) is 10.9 Å². The summed E-state index contributed by atoms with van der Waals surface area (Å²) in [6, 6.07) is 15.2. The van der Waals surface area contributed by atoms with Crippen LogP contribution in [-0.4, -0.2) is 12.8 Å². The lowest BCUT2D eigenvalue weighted by Gasteiger charge is -2.13. The van der Waals surface area contributed by atoms with Crippen molar-refractivity contribution in [2.45, 2.75) is 6.18 Å². The molecule has 0 aliphatic carbocycles. The zero-order chi connectivity index (χ0) is 16.4. The highest BCUT2D eigenvalue weighted by atomic mass is 19.4. The Morgan fingerprint density at radius 2 is 1.52 bits per heavy atom. The van der Waals surface area contributed by atoms with Crippen LogP contribution < -0.4 is 10.4 Å². The van der Waals surface area contributed by atoms with Crippen molar-refractivity contribution in [2.24, 2.45) is 0 Å². The third-order valence-electron chi connectivity index (χ3n) is 3.24. The van der Waals surface area contributed by atoms with E-state index in [1.54, 1.807) is 54.6 Å². The van der Waals surface area contributed by atoms with E-state index in [2.05, 4.69) is 0 Å². The summed E-state index contributed by atoms with van der Waals surface area (Å²) in [4.78, 5) is 12.0. The first-order chi connectivity index (χ1) is 11.0. The molecule has 0 aliphatic rings. The van der Waals surface area contributed by atoms with Gasteiger partial charge in [0.15, 0.2) is 6.61 Å². The molecule has 0 spiro atoms. The minimum absolute atomic E-state index is 0.283. The lowest BCUT2D eigenvalue weighted by atomic mass is 10.0. The monoisotopic (exact) mass is 320 g/mol. The van der Waals surface area contributed by atoms with Crippen molar-refractivity contribution < 1.29 is 22.3 Å². The third-order valence-corrected chi connectivity index (χ3v) is 3.24. The molecule has 23 heavy (non-hydrogen) atoms. The van der Waals surface area contributed by atoms with Crippen molar-refractivity contribution in [2.75, 3.05) is 6.61 Å². The van der Waals surface area contributed by atoms with Crippen molar-refractivity contribution >= 4 is 10.8 Å². The van der Waals surface area contributed by atoms with E-state index >= 15 is 0 Å². The van der Waals surface area contributed by atoms with Gasteiger partial charge in [0.1, 0.15) is 0 Å². The maximum atomic E-state index is 12.4. The number of rotatable bonds is 3. The number of benzene rings is 2. The topological polar surface area (TPSA) is 39.4 Å². The molecule has 0 amide bonds. The average molecular weight is 320 g/mol. The third kappa shape index (κ3) is 3.21. The van der Waals surface area contributed by atoms with Crippen LogP contribution in [0.5, 0.6) is 5.95 Å². The summed E-state index contributed by atoms with van der Waals surface area (Å²) < 4.78 is 47.1. The summed E-state index contributed by atoms with van der Waals surface area (Å²) in [5.41, 5.74) is 0.187. The van der Waals surface area contributed by atoms with E-state index in [9.17, 15) is 18.0 Å². The lowest BCUT2D eigenvalue weighted by Crippen LogP contribution is -2.20. The summed E-state index contributed by atoms with van der Waals surface area (Å²) >= 11 is 0. The fourth-order valence-electron chi connectivity index (χ4n) is 2.31. The zero-order valence-electron chi connectivity index (χ0n) is 11.8. The van der Waals surface area contributed by atoms with Crippen LogP contribution in [0.3, 0.4) is 0 Å². The van der Waals surface area contributed by atoms with Crippen molar-refractivity contribution in [3.8, 4) is 17.1 Å². The molecule has 1 heterocycles. The number of hydrogen-bond acceptors (Lipinski definition) is 3. The normalized spacial score (nSPS) is 11.6. The molecule has 3 rings (SSSR count). The molecule has 0 saturated heterocycles. The summed E-state index contributed by atoms with van der Waals surface area (Å²) in [5, 5.41) is 0.762. The molecule has 6 heteroatoms. The van der Waals surface area contributed by atoms with Crippen LogP contribution in [0.15, 0.2) is 63.8 Å². The molecule has 0 aliphatic heterocycles. The fourth-order valence-corrected chi connectivity index (χ4v) is 2.31. The molecule has 3 nitrogen and oxygen atoms in total. The quantitative estimate of drug-likeness (QED) is 0.718. The van der Waals surface area contributed by atoms with E-state index in [-0.39, 0.29) is 5.39 Å². The van der Waals surface area contributed by atoms with E-state index in [4.69, 9.17) is 9.15 Å². The predicted octanol–water partition coefficient (Wildman–Crippen LogP) is 4.40. The van der Waals surface area contributed by atoms with Crippen molar-refractivity contribution in [1.82, 2.24) is 0 Å². The maximum absolute atomic E-state index is 12.4. The van der Waals surface area contributed by atoms with Crippen LogP contribution in [-0.2, 0) is 0 Å². The molecule has 3 aromatic rings. The van der Waals surface area contributed by atoms with Crippen molar-refractivity contribution in [3.63, 3.8) is 0 Å². The number of halogens is 3. The SMILES string of the molecule is O=c1oc(OCC(F)(F)F)c(-c2ccccc2)c2ccccc12. The molecule has 1 aromatic heterocycles. The minimum Gasteiger partial charge on any atom is -0.455 e. The number of hydrogen-bond donors (Lipinski definition) is 0. The van der Waals surface area contributed by atoms with Crippen LogP contribution in [0.25, 0.3) is 21.9 Å². The van der Waals surface area contributed by atoms with E-state index in [1.165, 1.54) is 0 Å². The Hall–Kier alpha value is -2.76. The van der Waals surface area contributed by atoms with Gasteiger partial charge in [0.25, 0.3) is 5.95 Å². The van der Waals surface area contributed by atoms with E-state index in [0.717, 1.165) is 0 Å². The molecule has 0 atom stereocenters. The van der Waals surface area contributed by atoms with Gasteiger partial charge in [-0.2, -0.15) is 13.2 Å². The van der Waals surface area contributed by atoms with Crippen LogP contribution in [0.1, 0.15) is 0 Å². The fraction of sp³-hybridized carbons (Fsp3) is 0.118. The molecule has 0 saturated carbocycles. The Morgan fingerprint density at radius 1 is 0.913 bits per heavy atom. The molecule has 0 fully saturated rings. The molecular weight excluding hydrogens is 309 g/mol. The van der Waals surface area contributed by atoms with Gasteiger partial charge in [-0.05, 0) is 11.6 Å². The molecule has 0 N–H and O–H groups in total. The van der Waals surface area contributed by atoms with Crippen LogP contribution in [0.4, 0.5) is 13.2 Å². The molecule has 118 valence electrons. The average Bonchev–Trinajstić information content (AvgIpc) is 2.53. The molecule has 2 aromatic carbocycles. The van der Waals surface area contributed by atoms with Gasteiger partial charge in [-0.15, -0.1) is 0 Å². The minimum atomic E-state index is -4.53. The Bertz CT molecular complexity index is 883. The van der Waals surface area contributed by atoms with E-state index in [1.807, 2.05) is 0 Å². The number of alkyl halides is 3. The molecule has 0 bridgehead atoms. The highest BCUT2D eigenvalue weighted by Crippen LogP contribution is 2.36. The first-order valence-corrected chi connectivity index (χ1v) is 6.76. The smallest absolute Gasteiger partial charge is 0.422 e. The highest BCUT2D eigenvalue weighted by molar-refractivity contribution is 5.97.